The maximum atomic E-state index is 12.1. The van der Waals surface area contributed by atoms with Crippen molar-refractivity contribution in [2.45, 2.75) is 32.5 Å². The number of rotatable bonds is 6. The molecule has 1 aromatic carbocycles. The number of nitriles is 1. The van der Waals surface area contributed by atoms with Crippen molar-refractivity contribution in [3.8, 4) is 11.8 Å². The minimum Gasteiger partial charge on any atom is -0.481 e. The van der Waals surface area contributed by atoms with E-state index in [0.29, 0.717) is 17.9 Å². The second-order valence-corrected chi connectivity index (χ2v) is 5.03. The summed E-state index contributed by atoms with van der Waals surface area (Å²) in [7, 11) is 0. The van der Waals surface area contributed by atoms with Crippen LogP contribution in [-0.4, -0.2) is 27.8 Å². The van der Waals surface area contributed by atoms with Crippen molar-refractivity contribution in [1.82, 2.24) is 15.1 Å². The van der Waals surface area contributed by atoms with Gasteiger partial charge < -0.3 is 10.1 Å². The summed E-state index contributed by atoms with van der Waals surface area (Å²) in [4.78, 5) is 12.1. The Labute approximate surface area is 129 Å². The van der Waals surface area contributed by atoms with Crippen LogP contribution in [0.4, 0.5) is 0 Å². The molecule has 0 radical (unpaired) electrons. The Balaban J connectivity index is 1.84. The lowest BCUT2D eigenvalue weighted by atomic mass is 10.2. The lowest BCUT2D eigenvalue weighted by Crippen LogP contribution is -2.43. The molecule has 1 amide bonds. The third-order valence-corrected chi connectivity index (χ3v) is 3.07. The van der Waals surface area contributed by atoms with Crippen LogP contribution in [0, 0.1) is 11.3 Å². The van der Waals surface area contributed by atoms with Crippen molar-refractivity contribution < 1.29 is 9.53 Å². The van der Waals surface area contributed by atoms with Gasteiger partial charge >= 0.3 is 0 Å². The SMILES string of the molecule is C[C@H](Oc1ccc(C#N)cc1)C(=O)N[C@@H](C)Cn1cccn1. The van der Waals surface area contributed by atoms with Crippen molar-refractivity contribution in [3.63, 3.8) is 0 Å². The monoisotopic (exact) mass is 298 g/mol. The zero-order valence-corrected chi connectivity index (χ0v) is 12.6. The molecule has 0 aliphatic carbocycles. The minimum absolute atomic E-state index is 0.0561. The average Bonchev–Trinajstić information content (AvgIpc) is 3.00. The maximum absolute atomic E-state index is 12.1. The Morgan fingerprint density at radius 2 is 2.14 bits per heavy atom. The molecule has 0 saturated heterocycles. The van der Waals surface area contributed by atoms with Crippen LogP contribution in [0.1, 0.15) is 19.4 Å². The van der Waals surface area contributed by atoms with E-state index in [0.717, 1.165) is 0 Å². The number of hydrogen-bond acceptors (Lipinski definition) is 4. The normalized spacial score (nSPS) is 13.0. The van der Waals surface area contributed by atoms with E-state index < -0.39 is 6.10 Å². The van der Waals surface area contributed by atoms with Gasteiger partial charge in [-0.25, -0.2) is 0 Å². The molecular weight excluding hydrogens is 280 g/mol. The van der Waals surface area contributed by atoms with E-state index in [1.165, 1.54) is 0 Å². The summed E-state index contributed by atoms with van der Waals surface area (Å²) in [5.41, 5.74) is 0.553. The number of hydrogen-bond donors (Lipinski definition) is 1. The molecular formula is C16H18N4O2. The molecule has 0 spiro atoms. The largest absolute Gasteiger partial charge is 0.481 e. The molecule has 1 heterocycles. The highest BCUT2D eigenvalue weighted by Gasteiger charge is 2.17. The minimum atomic E-state index is -0.618. The fraction of sp³-hybridized carbons (Fsp3) is 0.312. The smallest absolute Gasteiger partial charge is 0.261 e. The van der Waals surface area contributed by atoms with Crippen molar-refractivity contribution >= 4 is 5.91 Å². The van der Waals surface area contributed by atoms with Gasteiger partial charge in [0.25, 0.3) is 5.91 Å². The molecule has 0 saturated carbocycles. The third kappa shape index (κ3) is 4.35. The highest BCUT2D eigenvalue weighted by molar-refractivity contribution is 5.80. The summed E-state index contributed by atoms with van der Waals surface area (Å²) in [6, 6.07) is 10.5. The van der Waals surface area contributed by atoms with E-state index in [2.05, 4.69) is 10.4 Å². The Bertz CT molecular complexity index is 644. The molecule has 0 aliphatic heterocycles. The van der Waals surface area contributed by atoms with Crippen molar-refractivity contribution in [2.24, 2.45) is 0 Å². The van der Waals surface area contributed by atoms with Gasteiger partial charge in [-0.2, -0.15) is 10.4 Å². The van der Waals surface area contributed by atoms with Crippen LogP contribution in [0.25, 0.3) is 0 Å². The summed E-state index contributed by atoms with van der Waals surface area (Å²) >= 11 is 0. The van der Waals surface area contributed by atoms with Gasteiger partial charge in [-0.15, -0.1) is 0 Å². The van der Waals surface area contributed by atoms with Crippen molar-refractivity contribution in [3.05, 3.63) is 48.3 Å². The van der Waals surface area contributed by atoms with Crippen molar-refractivity contribution in [2.75, 3.05) is 0 Å². The molecule has 0 fully saturated rings. The van der Waals surface area contributed by atoms with Gasteiger partial charge in [0.1, 0.15) is 5.75 Å². The number of amides is 1. The second-order valence-electron chi connectivity index (χ2n) is 5.03. The zero-order chi connectivity index (χ0) is 15.9. The van der Waals surface area contributed by atoms with E-state index in [1.54, 1.807) is 42.1 Å². The molecule has 2 rings (SSSR count). The van der Waals surface area contributed by atoms with E-state index in [-0.39, 0.29) is 11.9 Å². The fourth-order valence-electron chi connectivity index (χ4n) is 1.96. The molecule has 6 nitrogen and oxygen atoms in total. The van der Waals surface area contributed by atoms with Gasteiger partial charge in [0.05, 0.1) is 18.2 Å². The first-order valence-corrected chi connectivity index (χ1v) is 7.03. The van der Waals surface area contributed by atoms with Gasteiger partial charge in [0.2, 0.25) is 0 Å². The average molecular weight is 298 g/mol. The molecule has 6 heteroatoms. The van der Waals surface area contributed by atoms with Crippen LogP contribution in [0.3, 0.4) is 0 Å². The van der Waals surface area contributed by atoms with Crippen LogP contribution in [0.15, 0.2) is 42.7 Å². The van der Waals surface area contributed by atoms with Gasteiger partial charge in [-0.3, -0.25) is 9.48 Å². The molecule has 0 aliphatic rings. The predicted octanol–water partition coefficient (Wildman–Crippen LogP) is 1.73. The Hall–Kier alpha value is -2.81. The van der Waals surface area contributed by atoms with E-state index in [1.807, 2.05) is 25.3 Å². The topological polar surface area (TPSA) is 79.9 Å². The molecule has 2 atom stereocenters. The summed E-state index contributed by atoms with van der Waals surface area (Å²) < 4.78 is 7.33. The van der Waals surface area contributed by atoms with E-state index in [9.17, 15) is 4.79 Å². The number of carbonyl (C=O) groups excluding carboxylic acids is 1. The van der Waals surface area contributed by atoms with E-state index >= 15 is 0 Å². The number of carbonyl (C=O) groups is 1. The number of nitrogens with zero attached hydrogens (tertiary/aromatic N) is 3. The highest BCUT2D eigenvalue weighted by atomic mass is 16.5. The fourth-order valence-corrected chi connectivity index (χ4v) is 1.96. The van der Waals surface area contributed by atoms with Crippen LogP contribution < -0.4 is 10.1 Å². The third-order valence-electron chi connectivity index (χ3n) is 3.07. The van der Waals surface area contributed by atoms with Gasteiger partial charge in [-0.1, -0.05) is 0 Å². The van der Waals surface area contributed by atoms with Crippen LogP contribution >= 0.6 is 0 Å². The summed E-state index contributed by atoms with van der Waals surface area (Å²) in [5.74, 6) is 0.366. The molecule has 22 heavy (non-hydrogen) atoms. The second kappa shape index (κ2) is 7.27. The highest BCUT2D eigenvalue weighted by Crippen LogP contribution is 2.13. The van der Waals surface area contributed by atoms with Crippen molar-refractivity contribution in [1.29, 1.82) is 5.26 Å². The lowest BCUT2D eigenvalue weighted by molar-refractivity contribution is -0.128. The molecule has 1 aromatic heterocycles. The van der Waals surface area contributed by atoms with Gasteiger partial charge in [0, 0.05) is 18.4 Å². The summed E-state index contributed by atoms with van der Waals surface area (Å²) in [6.07, 6.45) is 2.93. The van der Waals surface area contributed by atoms with Gasteiger partial charge in [0.15, 0.2) is 6.10 Å². The van der Waals surface area contributed by atoms with E-state index in [4.69, 9.17) is 10.00 Å². The van der Waals surface area contributed by atoms with Gasteiger partial charge in [-0.05, 0) is 44.2 Å². The molecule has 0 unspecified atom stereocenters. The number of aromatic nitrogens is 2. The molecule has 2 aromatic rings. The summed E-state index contributed by atoms with van der Waals surface area (Å²) in [6.45, 7) is 4.20. The standard InChI is InChI=1S/C16H18N4O2/c1-12(11-20-9-3-8-18-20)19-16(21)13(2)22-15-6-4-14(10-17)5-7-15/h3-9,12-13H,11H2,1-2H3,(H,19,21)/t12-,13-/m0/s1. The first-order chi connectivity index (χ1) is 10.6. The Morgan fingerprint density at radius 3 is 2.73 bits per heavy atom. The predicted molar refractivity (Wildman–Crippen MR) is 81.1 cm³/mol. The number of nitrogens with one attached hydrogen (secondary N) is 1. The van der Waals surface area contributed by atoms with Crippen LogP contribution in [-0.2, 0) is 11.3 Å². The van der Waals surface area contributed by atoms with Crippen LogP contribution in [0.2, 0.25) is 0 Å². The van der Waals surface area contributed by atoms with Crippen LogP contribution in [0.5, 0.6) is 5.75 Å². The number of ether oxygens (including phenoxy) is 1. The molecule has 1 N–H and O–H groups in total. The quantitative estimate of drug-likeness (QED) is 0.880. The summed E-state index contributed by atoms with van der Waals surface area (Å²) in [5, 5.41) is 15.7. The Morgan fingerprint density at radius 1 is 1.41 bits per heavy atom. The first-order valence-electron chi connectivity index (χ1n) is 7.03. The lowest BCUT2D eigenvalue weighted by Gasteiger charge is -2.18. The first kappa shape index (κ1) is 15.6. The molecule has 0 bridgehead atoms. The molecule has 114 valence electrons. The maximum Gasteiger partial charge on any atom is 0.261 e. The zero-order valence-electron chi connectivity index (χ0n) is 12.6. The Kier molecular flexibility index (Phi) is 5.15. The number of benzene rings is 1.